The highest BCUT2D eigenvalue weighted by Crippen LogP contribution is 2.17. The monoisotopic (exact) mass is 281 g/mol. The van der Waals surface area contributed by atoms with Crippen LogP contribution in [0.5, 0.6) is 5.75 Å². The first-order valence-corrected chi connectivity index (χ1v) is 7.54. The van der Waals surface area contributed by atoms with Gasteiger partial charge in [-0.15, -0.1) is 0 Å². The summed E-state index contributed by atoms with van der Waals surface area (Å²) in [7, 11) is 0. The van der Waals surface area contributed by atoms with E-state index in [0.29, 0.717) is 12.6 Å². The number of aliphatic hydroxyl groups excluding tert-OH is 1. The maximum absolute atomic E-state index is 13.3. The number of hydrogen-bond donors (Lipinski definition) is 2. The average molecular weight is 281 g/mol. The Morgan fingerprint density at radius 2 is 1.90 bits per heavy atom. The molecule has 1 fully saturated rings. The standard InChI is InChI=1S/C16H24FNO2/c17-15-9-5-6-10-16(15)20-12-14(19)11-18-13-7-3-1-2-4-8-13/h5-6,9-10,13-14,18-19H,1-4,7-8,11-12H2. The molecule has 0 bridgehead atoms. The fourth-order valence-corrected chi connectivity index (χ4v) is 2.59. The third-order valence-electron chi connectivity index (χ3n) is 3.77. The Hall–Kier alpha value is -1.13. The van der Waals surface area contributed by atoms with Gasteiger partial charge in [0.15, 0.2) is 11.6 Å². The summed E-state index contributed by atoms with van der Waals surface area (Å²) in [6.45, 7) is 0.611. The molecule has 2 N–H and O–H groups in total. The lowest BCUT2D eigenvalue weighted by molar-refractivity contribution is 0.101. The molecule has 1 aliphatic carbocycles. The van der Waals surface area contributed by atoms with E-state index in [1.807, 2.05) is 0 Å². The fourth-order valence-electron chi connectivity index (χ4n) is 2.59. The zero-order valence-electron chi connectivity index (χ0n) is 11.9. The Bertz CT molecular complexity index is 392. The molecule has 2 rings (SSSR count). The summed E-state index contributed by atoms with van der Waals surface area (Å²) < 4.78 is 18.6. The van der Waals surface area contributed by atoms with Gasteiger partial charge in [-0.3, -0.25) is 0 Å². The van der Waals surface area contributed by atoms with Crippen LogP contribution in [0.25, 0.3) is 0 Å². The van der Waals surface area contributed by atoms with Crippen molar-refractivity contribution in [2.75, 3.05) is 13.2 Å². The summed E-state index contributed by atoms with van der Waals surface area (Å²) in [6, 6.07) is 6.76. The van der Waals surface area contributed by atoms with E-state index in [9.17, 15) is 9.50 Å². The van der Waals surface area contributed by atoms with Crippen molar-refractivity contribution < 1.29 is 14.2 Å². The molecule has 0 radical (unpaired) electrons. The first kappa shape index (κ1) is 15.3. The molecule has 1 atom stereocenters. The van der Waals surface area contributed by atoms with Crippen molar-refractivity contribution in [1.82, 2.24) is 5.32 Å². The van der Waals surface area contributed by atoms with Gasteiger partial charge in [0.05, 0.1) is 0 Å². The molecule has 3 nitrogen and oxygen atoms in total. The number of para-hydroxylation sites is 1. The predicted molar refractivity (Wildman–Crippen MR) is 77.4 cm³/mol. The Labute approximate surface area is 120 Å². The number of benzene rings is 1. The summed E-state index contributed by atoms with van der Waals surface area (Å²) in [5.74, 6) is -0.197. The van der Waals surface area contributed by atoms with Crippen molar-refractivity contribution in [2.24, 2.45) is 0 Å². The van der Waals surface area contributed by atoms with Crippen LogP contribution < -0.4 is 10.1 Å². The average Bonchev–Trinajstić information content (AvgIpc) is 2.73. The second kappa shape index (κ2) is 8.22. The van der Waals surface area contributed by atoms with Crippen LogP contribution in [0.1, 0.15) is 38.5 Å². The van der Waals surface area contributed by atoms with Gasteiger partial charge in [0.2, 0.25) is 0 Å². The van der Waals surface area contributed by atoms with E-state index < -0.39 is 11.9 Å². The van der Waals surface area contributed by atoms with Gasteiger partial charge in [-0.2, -0.15) is 0 Å². The van der Waals surface area contributed by atoms with Crippen LogP contribution in [0.2, 0.25) is 0 Å². The Balaban J connectivity index is 1.67. The molecule has 0 aromatic heterocycles. The SMILES string of the molecule is OC(CNC1CCCCCC1)COc1ccccc1F. The van der Waals surface area contributed by atoms with E-state index in [1.165, 1.54) is 44.6 Å². The van der Waals surface area contributed by atoms with Crippen molar-refractivity contribution >= 4 is 0 Å². The summed E-state index contributed by atoms with van der Waals surface area (Å²) in [6.07, 6.45) is 6.91. The van der Waals surface area contributed by atoms with Gasteiger partial charge in [0, 0.05) is 12.6 Å². The molecule has 0 heterocycles. The Kier molecular flexibility index (Phi) is 6.27. The maximum Gasteiger partial charge on any atom is 0.165 e. The van der Waals surface area contributed by atoms with Gasteiger partial charge in [-0.25, -0.2) is 4.39 Å². The van der Waals surface area contributed by atoms with Gasteiger partial charge in [-0.05, 0) is 25.0 Å². The number of halogens is 1. The molecule has 1 aliphatic rings. The van der Waals surface area contributed by atoms with Crippen LogP contribution in [-0.2, 0) is 0 Å². The van der Waals surface area contributed by atoms with E-state index in [1.54, 1.807) is 18.2 Å². The van der Waals surface area contributed by atoms with Crippen LogP contribution >= 0.6 is 0 Å². The molecule has 0 aliphatic heterocycles. The van der Waals surface area contributed by atoms with Gasteiger partial charge >= 0.3 is 0 Å². The zero-order valence-corrected chi connectivity index (χ0v) is 11.9. The van der Waals surface area contributed by atoms with Crippen molar-refractivity contribution in [1.29, 1.82) is 0 Å². The lowest BCUT2D eigenvalue weighted by Crippen LogP contribution is -2.37. The minimum Gasteiger partial charge on any atom is -0.488 e. The third kappa shape index (κ3) is 5.10. The number of hydrogen-bond acceptors (Lipinski definition) is 3. The van der Waals surface area contributed by atoms with Crippen molar-refractivity contribution in [3.05, 3.63) is 30.1 Å². The second-order valence-corrected chi connectivity index (χ2v) is 5.49. The molecule has 0 saturated heterocycles. The van der Waals surface area contributed by atoms with Gasteiger partial charge in [0.25, 0.3) is 0 Å². The molecule has 1 unspecified atom stereocenters. The largest absolute Gasteiger partial charge is 0.488 e. The van der Waals surface area contributed by atoms with Crippen LogP contribution in [0.4, 0.5) is 4.39 Å². The molecule has 1 aromatic rings. The molecule has 0 amide bonds. The minimum atomic E-state index is -0.613. The molecular weight excluding hydrogens is 257 g/mol. The molecule has 20 heavy (non-hydrogen) atoms. The first-order valence-electron chi connectivity index (χ1n) is 7.54. The molecular formula is C16H24FNO2. The quantitative estimate of drug-likeness (QED) is 0.788. The topological polar surface area (TPSA) is 41.5 Å². The molecule has 0 spiro atoms. The van der Waals surface area contributed by atoms with E-state index in [4.69, 9.17) is 4.74 Å². The minimum absolute atomic E-state index is 0.112. The van der Waals surface area contributed by atoms with Crippen LogP contribution in [0.3, 0.4) is 0 Å². The smallest absolute Gasteiger partial charge is 0.165 e. The zero-order chi connectivity index (χ0) is 14.2. The summed E-state index contributed by atoms with van der Waals surface area (Å²) in [4.78, 5) is 0. The predicted octanol–water partition coefficient (Wildman–Crippen LogP) is 2.88. The highest BCUT2D eigenvalue weighted by molar-refractivity contribution is 5.23. The van der Waals surface area contributed by atoms with Gasteiger partial charge in [0.1, 0.15) is 12.7 Å². The number of ether oxygens (including phenoxy) is 1. The van der Waals surface area contributed by atoms with Gasteiger partial charge in [-0.1, -0.05) is 37.8 Å². The van der Waals surface area contributed by atoms with Gasteiger partial charge < -0.3 is 15.2 Å². The molecule has 1 aromatic carbocycles. The highest BCUT2D eigenvalue weighted by atomic mass is 19.1. The van der Waals surface area contributed by atoms with Crippen molar-refractivity contribution in [3.63, 3.8) is 0 Å². The van der Waals surface area contributed by atoms with E-state index >= 15 is 0 Å². The molecule has 112 valence electrons. The first-order chi connectivity index (χ1) is 9.75. The Morgan fingerprint density at radius 1 is 1.20 bits per heavy atom. The highest BCUT2D eigenvalue weighted by Gasteiger charge is 2.14. The number of aliphatic hydroxyl groups is 1. The maximum atomic E-state index is 13.3. The molecule has 4 heteroatoms. The Morgan fingerprint density at radius 3 is 2.60 bits per heavy atom. The third-order valence-corrected chi connectivity index (χ3v) is 3.77. The van der Waals surface area contributed by atoms with E-state index in [-0.39, 0.29) is 12.4 Å². The number of rotatable bonds is 6. The lowest BCUT2D eigenvalue weighted by Gasteiger charge is -2.19. The second-order valence-electron chi connectivity index (χ2n) is 5.49. The van der Waals surface area contributed by atoms with Crippen molar-refractivity contribution in [3.8, 4) is 5.75 Å². The van der Waals surface area contributed by atoms with E-state index in [2.05, 4.69) is 5.32 Å². The number of nitrogens with one attached hydrogen (secondary N) is 1. The summed E-state index contributed by atoms with van der Waals surface area (Å²) in [5, 5.41) is 13.3. The van der Waals surface area contributed by atoms with Crippen LogP contribution in [0, 0.1) is 5.82 Å². The molecule has 1 saturated carbocycles. The summed E-state index contributed by atoms with van der Waals surface area (Å²) >= 11 is 0. The van der Waals surface area contributed by atoms with Crippen LogP contribution in [-0.4, -0.2) is 30.4 Å². The van der Waals surface area contributed by atoms with Crippen LogP contribution in [0.15, 0.2) is 24.3 Å². The van der Waals surface area contributed by atoms with Crippen molar-refractivity contribution in [2.45, 2.75) is 50.7 Å². The normalized spacial score (nSPS) is 18.5. The van der Waals surface area contributed by atoms with E-state index in [0.717, 1.165) is 0 Å². The summed E-state index contributed by atoms with van der Waals surface area (Å²) in [5.41, 5.74) is 0. The fraction of sp³-hybridized carbons (Fsp3) is 0.625. The lowest BCUT2D eigenvalue weighted by atomic mass is 10.1.